The Bertz CT molecular complexity index is 1080. The minimum Gasteiger partial charge on any atom is -0.383 e. The van der Waals surface area contributed by atoms with Gasteiger partial charge in [0.15, 0.2) is 11.4 Å². The fourth-order valence-electron chi connectivity index (χ4n) is 3.72. The Labute approximate surface area is 183 Å². The molecule has 158 valence electrons. The monoisotopic (exact) mass is 472 g/mol. The average Bonchev–Trinajstić information content (AvgIpc) is 3.25. The number of ether oxygens (including phenoxy) is 1. The Morgan fingerprint density at radius 3 is 2.93 bits per heavy atom. The molecule has 0 aliphatic heterocycles. The summed E-state index contributed by atoms with van der Waals surface area (Å²) in [6, 6.07) is 6.00. The topological polar surface area (TPSA) is 85.2 Å². The summed E-state index contributed by atoms with van der Waals surface area (Å²) in [5.41, 5.74) is 3.34. The largest absolute Gasteiger partial charge is 0.383 e. The highest BCUT2D eigenvalue weighted by molar-refractivity contribution is 9.10. The summed E-state index contributed by atoms with van der Waals surface area (Å²) in [6.07, 6.45) is 2.33. The number of nitrogens with zero attached hydrogens (tertiary/aromatic N) is 5. The number of nitrogens with one attached hydrogen (secondary N) is 1. The van der Waals surface area contributed by atoms with Gasteiger partial charge in [-0.05, 0) is 37.4 Å². The lowest BCUT2D eigenvalue weighted by Crippen LogP contribution is -2.22. The summed E-state index contributed by atoms with van der Waals surface area (Å²) >= 11 is 3.54. The maximum atomic E-state index is 13.0. The van der Waals surface area contributed by atoms with Crippen molar-refractivity contribution in [2.45, 2.75) is 18.9 Å². The maximum Gasteiger partial charge on any atom is 0.225 e. The van der Waals surface area contributed by atoms with Crippen LogP contribution in [0.2, 0.25) is 0 Å². The van der Waals surface area contributed by atoms with Gasteiger partial charge in [0.1, 0.15) is 0 Å². The van der Waals surface area contributed by atoms with E-state index < -0.39 is 5.92 Å². The molecule has 1 atom stereocenters. The van der Waals surface area contributed by atoms with Gasteiger partial charge >= 0.3 is 0 Å². The van der Waals surface area contributed by atoms with Crippen LogP contribution in [0.4, 0.5) is 5.95 Å². The number of carbonyl (C=O) groups excluding carboxylic acids is 1. The van der Waals surface area contributed by atoms with E-state index in [1.54, 1.807) is 11.8 Å². The molecule has 0 amide bonds. The summed E-state index contributed by atoms with van der Waals surface area (Å²) < 4.78 is 7.93. The van der Waals surface area contributed by atoms with Crippen molar-refractivity contribution >= 4 is 38.7 Å². The number of methoxy groups -OCH3 is 1. The third kappa shape index (κ3) is 4.23. The number of hydrogen-bond donors (Lipinski definition) is 1. The summed E-state index contributed by atoms with van der Waals surface area (Å²) in [5.74, 6) is 0.219. The Morgan fingerprint density at radius 1 is 1.33 bits per heavy atom. The van der Waals surface area contributed by atoms with E-state index in [0.717, 1.165) is 27.5 Å². The van der Waals surface area contributed by atoms with Crippen molar-refractivity contribution in [2.24, 2.45) is 0 Å². The lowest BCUT2D eigenvalue weighted by Gasteiger charge is -2.14. The number of likely N-dealkylation sites (N-methyl/N-ethyl adjacent to an activating group) is 1. The quantitative estimate of drug-likeness (QED) is 0.538. The van der Waals surface area contributed by atoms with Crippen molar-refractivity contribution in [3.05, 3.63) is 45.7 Å². The van der Waals surface area contributed by atoms with Gasteiger partial charge in [-0.1, -0.05) is 22.0 Å². The molecule has 0 fully saturated rings. The first-order valence-electron chi connectivity index (χ1n) is 9.90. The van der Waals surface area contributed by atoms with Crippen molar-refractivity contribution in [3.8, 4) is 0 Å². The van der Waals surface area contributed by atoms with Gasteiger partial charge < -0.3 is 15.0 Å². The molecule has 2 heterocycles. The highest BCUT2D eigenvalue weighted by atomic mass is 79.9. The van der Waals surface area contributed by atoms with Gasteiger partial charge in [-0.25, -0.2) is 4.98 Å². The van der Waals surface area contributed by atoms with E-state index in [4.69, 9.17) is 9.72 Å². The molecule has 3 aromatic rings. The molecule has 1 N–H and O–H groups in total. The number of hydrogen-bond acceptors (Lipinski definition) is 7. The first-order valence-corrected chi connectivity index (χ1v) is 10.7. The van der Waals surface area contributed by atoms with Gasteiger partial charge in [-0.2, -0.15) is 10.1 Å². The number of anilines is 1. The predicted molar refractivity (Wildman–Crippen MR) is 119 cm³/mol. The van der Waals surface area contributed by atoms with Crippen LogP contribution in [0.15, 0.2) is 28.9 Å². The first-order chi connectivity index (χ1) is 14.5. The molecule has 30 heavy (non-hydrogen) atoms. The van der Waals surface area contributed by atoms with Gasteiger partial charge in [0.05, 0.1) is 30.1 Å². The molecular weight excluding hydrogens is 448 g/mol. The number of rotatable bonds is 8. The van der Waals surface area contributed by atoms with Crippen LogP contribution in [0.3, 0.4) is 0 Å². The van der Waals surface area contributed by atoms with E-state index in [0.29, 0.717) is 43.4 Å². The Kier molecular flexibility index (Phi) is 6.12. The van der Waals surface area contributed by atoms with E-state index in [1.165, 1.54) is 0 Å². The number of aromatic nitrogens is 4. The van der Waals surface area contributed by atoms with Gasteiger partial charge in [0, 0.05) is 37.3 Å². The lowest BCUT2D eigenvalue weighted by atomic mass is 9.95. The molecule has 8 nitrogen and oxygen atoms in total. The first kappa shape index (κ1) is 20.9. The maximum absolute atomic E-state index is 13.0. The SMILES string of the molecule is COCCn1cc2c(C3C(=O)Cc4ccc(Br)cc43)nc(NCCN(C)C)nc2n1. The average molecular weight is 473 g/mol. The molecule has 2 aromatic heterocycles. The van der Waals surface area contributed by atoms with Gasteiger partial charge in [-0.15, -0.1) is 0 Å². The van der Waals surface area contributed by atoms with Crippen LogP contribution in [0.25, 0.3) is 11.0 Å². The van der Waals surface area contributed by atoms with Crippen LogP contribution in [0, 0.1) is 0 Å². The van der Waals surface area contributed by atoms with Crippen LogP contribution in [0.5, 0.6) is 0 Å². The van der Waals surface area contributed by atoms with Gasteiger partial charge in [-0.3, -0.25) is 9.48 Å². The van der Waals surface area contributed by atoms with E-state index >= 15 is 0 Å². The van der Waals surface area contributed by atoms with E-state index in [1.807, 2.05) is 38.5 Å². The fraction of sp³-hybridized carbons (Fsp3) is 0.429. The molecule has 0 saturated carbocycles. The molecule has 9 heteroatoms. The van der Waals surface area contributed by atoms with Crippen LogP contribution in [0.1, 0.15) is 22.7 Å². The molecule has 0 saturated heterocycles. The Hall–Kier alpha value is -2.36. The highest BCUT2D eigenvalue weighted by Gasteiger charge is 2.35. The summed E-state index contributed by atoms with van der Waals surface area (Å²) in [4.78, 5) is 24.5. The molecule has 1 aliphatic carbocycles. The summed E-state index contributed by atoms with van der Waals surface area (Å²) in [6.45, 7) is 2.69. The Balaban J connectivity index is 1.79. The second-order valence-electron chi connectivity index (χ2n) is 7.70. The second kappa shape index (κ2) is 8.79. The zero-order valence-electron chi connectivity index (χ0n) is 17.4. The van der Waals surface area contributed by atoms with Crippen LogP contribution in [-0.4, -0.2) is 71.3 Å². The van der Waals surface area contributed by atoms with E-state index in [-0.39, 0.29) is 5.78 Å². The minimum atomic E-state index is -0.419. The molecule has 0 bridgehead atoms. The van der Waals surface area contributed by atoms with Gasteiger partial charge in [0.25, 0.3) is 0 Å². The number of fused-ring (bicyclic) bond motifs is 2. The van der Waals surface area contributed by atoms with Crippen LogP contribution >= 0.6 is 15.9 Å². The summed E-state index contributed by atoms with van der Waals surface area (Å²) in [7, 11) is 5.69. The standard InChI is InChI=1S/C21H25BrN6O2/c1-27(2)7-6-23-21-24-19(16-12-28(8-9-30-3)26-20(16)25-21)18-15-11-14(22)5-4-13(15)10-17(18)29/h4-5,11-12,18H,6-10H2,1-3H3,(H,23,25,26). The Morgan fingerprint density at radius 2 is 2.17 bits per heavy atom. The highest BCUT2D eigenvalue weighted by Crippen LogP contribution is 2.39. The smallest absolute Gasteiger partial charge is 0.225 e. The van der Waals surface area contributed by atoms with Crippen molar-refractivity contribution < 1.29 is 9.53 Å². The minimum absolute atomic E-state index is 0.145. The zero-order chi connectivity index (χ0) is 21.3. The number of Topliss-reactive ketones (excluding diaryl/α,β-unsaturated/α-hetero) is 1. The van der Waals surface area contributed by atoms with Crippen molar-refractivity contribution in [1.29, 1.82) is 0 Å². The summed E-state index contributed by atoms with van der Waals surface area (Å²) in [5, 5.41) is 8.68. The number of ketones is 1. The third-order valence-corrected chi connectivity index (χ3v) is 5.70. The third-order valence-electron chi connectivity index (χ3n) is 5.20. The number of halogens is 1. The molecule has 1 unspecified atom stereocenters. The zero-order valence-corrected chi connectivity index (χ0v) is 18.9. The normalized spacial score (nSPS) is 15.9. The van der Waals surface area contributed by atoms with Crippen molar-refractivity contribution in [3.63, 3.8) is 0 Å². The molecular formula is C21H25BrN6O2. The molecule has 1 aliphatic rings. The molecule has 4 rings (SSSR count). The predicted octanol–water partition coefficient (Wildman–Crippen LogP) is 2.47. The molecule has 1 aromatic carbocycles. The molecule has 0 radical (unpaired) electrons. The van der Waals surface area contributed by atoms with Gasteiger partial charge in [0.2, 0.25) is 5.95 Å². The van der Waals surface area contributed by atoms with Crippen LogP contribution in [-0.2, 0) is 22.5 Å². The van der Waals surface area contributed by atoms with Crippen LogP contribution < -0.4 is 5.32 Å². The van der Waals surface area contributed by atoms with E-state index in [2.05, 4.69) is 36.2 Å². The number of benzene rings is 1. The second-order valence-corrected chi connectivity index (χ2v) is 8.62. The molecule has 0 spiro atoms. The van der Waals surface area contributed by atoms with E-state index in [9.17, 15) is 4.79 Å². The number of carbonyl (C=O) groups is 1. The fourth-order valence-corrected chi connectivity index (χ4v) is 4.10. The lowest BCUT2D eigenvalue weighted by molar-refractivity contribution is -0.118. The van der Waals surface area contributed by atoms with Crippen molar-refractivity contribution in [1.82, 2.24) is 24.6 Å². The van der Waals surface area contributed by atoms with Crippen molar-refractivity contribution in [2.75, 3.05) is 46.2 Å².